The lowest BCUT2D eigenvalue weighted by atomic mass is 9.94. The van der Waals surface area contributed by atoms with E-state index in [1.807, 2.05) is 6.92 Å². The second kappa shape index (κ2) is 7.25. The normalized spacial score (nSPS) is 18.9. The fourth-order valence-corrected chi connectivity index (χ4v) is 4.61. The van der Waals surface area contributed by atoms with E-state index in [1.165, 1.54) is 49.1 Å². The Bertz CT molecular complexity index is 746. The highest BCUT2D eigenvalue weighted by molar-refractivity contribution is 7.13. The largest absolute Gasteiger partial charge is 0.346 e. The van der Waals surface area contributed by atoms with Crippen LogP contribution in [0.1, 0.15) is 58.2 Å². The zero-order chi connectivity index (χ0) is 17.2. The molecule has 134 valence electrons. The zero-order valence-electron chi connectivity index (χ0n) is 14.7. The van der Waals surface area contributed by atoms with Gasteiger partial charge in [0.05, 0.1) is 35.7 Å². The van der Waals surface area contributed by atoms with Crippen LogP contribution in [-0.2, 0) is 19.6 Å². The molecule has 0 saturated heterocycles. The van der Waals surface area contributed by atoms with Gasteiger partial charge < -0.3 is 5.32 Å². The maximum Gasteiger partial charge on any atom is 0.263 e. The summed E-state index contributed by atoms with van der Waals surface area (Å²) in [6.07, 6.45) is 8.45. The minimum Gasteiger partial charge on any atom is -0.346 e. The van der Waals surface area contributed by atoms with Crippen molar-refractivity contribution in [3.63, 3.8) is 0 Å². The van der Waals surface area contributed by atoms with E-state index in [0.717, 1.165) is 36.4 Å². The molecule has 1 amide bonds. The second-order valence-corrected chi connectivity index (χ2v) is 8.27. The summed E-state index contributed by atoms with van der Waals surface area (Å²) in [5, 5.41) is 8.53. The number of aromatic nitrogens is 3. The molecule has 6 nitrogen and oxygen atoms in total. The third kappa shape index (κ3) is 3.77. The lowest BCUT2D eigenvalue weighted by Crippen LogP contribution is -2.42. The van der Waals surface area contributed by atoms with Crippen molar-refractivity contribution in [3.05, 3.63) is 33.5 Å². The first-order valence-electron chi connectivity index (χ1n) is 9.19. The molecule has 0 aromatic carbocycles. The van der Waals surface area contributed by atoms with Crippen molar-refractivity contribution in [2.24, 2.45) is 0 Å². The van der Waals surface area contributed by atoms with Crippen LogP contribution in [0.5, 0.6) is 0 Å². The van der Waals surface area contributed by atoms with Crippen molar-refractivity contribution in [1.29, 1.82) is 0 Å². The maximum absolute atomic E-state index is 12.1. The van der Waals surface area contributed by atoms with Crippen molar-refractivity contribution in [3.8, 4) is 0 Å². The van der Waals surface area contributed by atoms with Gasteiger partial charge in [0.2, 0.25) is 0 Å². The molecule has 1 N–H and O–H groups in total. The van der Waals surface area contributed by atoms with E-state index < -0.39 is 0 Å². The Labute approximate surface area is 152 Å². The smallest absolute Gasteiger partial charge is 0.263 e. The van der Waals surface area contributed by atoms with Gasteiger partial charge in [0.1, 0.15) is 4.88 Å². The Balaban J connectivity index is 1.36. The van der Waals surface area contributed by atoms with Crippen LogP contribution in [0.2, 0.25) is 0 Å². The van der Waals surface area contributed by atoms with Gasteiger partial charge >= 0.3 is 0 Å². The van der Waals surface area contributed by atoms with Crippen molar-refractivity contribution in [1.82, 2.24) is 25.0 Å². The average Bonchev–Trinajstić information content (AvgIpc) is 3.25. The molecule has 1 fully saturated rings. The third-order valence-electron chi connectivity index (χ3n) is 5.24. The first-order valence-corrected chi connectivity index (χ1v) is 10.0. The van der Waals surface area contributed by atoms with Crippen LogP contribution in [0.15, 0.2) is 12.3 Å². The fourth-order valence-electron chi connectivity index (χ4n) is 3.91. The summed E-state index contributed by atoms with van der Waals surface area (Å²) in [5.41, 5.74) is 2.21. The van der Waals surface area contributed by atoms with Crippen molar-refractivity contribution in [2.45, 2.75) is 64.7 Å². The van der Waals surface area contributed by atoms with Crippen LogP contribution < -0.4 is 5.32 Å². The Morgan fingerprint density at radius 1 is 1.32 bits per heavy atom. The zero-order valence-corrected chi connectivity index (χ0v) is 15.5. The second-order valence-electron chi connectivity index (χ2n) is 7.04. The minimum absolute atomic E-state index is 0.0691. The molecule has 1 saturated carbocycles. The number of aryl methyl sites for hydroxylation is 1. The van der Waals surface area contributed by atoms with Crippen LogP contribution in [0.3, 0.4) is 0 Å². The van der Waals surface area contributed by atoms with Crippen molar-refractivity contribution in [2.75, 3.05) is 6.54 Å². The molecule has 0 atom stereocenters. The highest BCUT2D eigenvalue weighted by Gasteiger charge is 2.26. The number of hydrogen-bond acceptors (Lipinski definition) is 5. The molecule has 2 aromatic rings. The number of nitrogens with one attached hydrogen (secondary N) is 1. The molecular weight excluding hydrogens is 334 g/mol. The number of hydrogen-bond donors (Lipinski definition) is 1. The number of carbonyl (C=O) groups excluding carboxylic acids is 1. The molecule has 0 bridgehead atoms. The molecular formula is C18H25N5OS. The van der Waals surface area contributed by atoms with Gasteiger partial charge in [-0.3, -0.25) is 14.4 Å². The maximum atomic E-state index is 12.1. The summed E-state index contributed by atoms with van der Waals surface area (Å²) in [5.74, 6) is -0.0691. The molecule has 3 heterocycles. The topological polar surface area (TPSA) is 63.1 Å². The molecule has 7 heteroatoms. The van der Waals surface area contributed by atoms with Crippen molar-refractivity contribution < 1.29 is 4.79 Å². The Kier molecular flexibility index (Phi) is 4.85. The van der Waals surface area contributed by atoms with Gasteiger partial charge in [-0.25, -0.2) is 4.98 Å². The molecule has 2 aromatic heterocycles. The molecule has 0 radical (unpaired) electrons. The van der Waals surface area contributed by atoms with Gasteiger partial charge in [-0.05, 0) is 25.8 Å². The molecule has 1 aliphatic heterocycles. The number of carbonyl (C=O) groups is 1. The van der Waals surface area contributed by atoms with Crippen LogP contribution in [0.4, 0.5) is 0 Å². The van der Waals surface area contributed by atoms with Crippen LogP contribution >= 0.6 is 11.3 Å². The number of amides is 1. The number of rotatable bonds is 4. The van der Waals surface area contributed by atoms with Crippen molar-refractivity contribution >= 4 is 17.2 Å². The molecule has 4 rings (SSSR count). The van der Waals surface area contributed by atoms with Gasteiger partial charge in [0.25, 0.3) is 5.91 Å². The highest BCUT2D eigenvalue weighted by atomic mass is 32.1. The standard InChI is InChI=1S/C18H25N5OS/c1-13-19-11-17(25-13)18(24)20-10-14-9-16-12-22(7-8-23(16)21-14)15-5-3-2-4-6-15/h9,11,15H,2-8,10,12H2,1H3,(H,20,24). The van der Waals surface area contributed by atoms with Gasteiger partial charge in [-0.15, -0.1) is 11.3 Å². The summed E-state index contributed by atoms with van der Waals surface area (Å²) in [6, 6.07) is 2.89. The Morgan fingerprint density at radius 3 is 2.92 bits per heavy atom. The highest BCUT2D eigenvalue weighted by Crippen LogP contribution is 2.26. The average molecular weight is 359 g/mol. The van der Waals surface area contributed by atoms with Gasteiger partial charge in [-0.1, -0.05) is 19.3 Å². The Morgan fingerprint density at radius 2 is 2.16 bits per heavy atom. The van der Waals surface area contributed by atoms with E-state index in [9.17, 15) is 4.79 Å². The van der Waals surface area contributed by atoms with Gasteiger partial charge in [0.15, 0.2) is 0 Å². The number of fused-ring (bicyclic) bond motifs is 1. The lowest BCUT2D eigenvalue weighted by Gasteiger charge is -2.36. The van der Waals surface area contributed by atoms with E-state index in [0.29, 0.717) is 11.4 Å². The molecule has 0 unspecified atom stereocenters. The van der Waals surface area contributed by atoms with E-state index >= 15 is 0 Å². The quantitative estimate of drug-likeness (QED) is 0.912. The molecule has 0 spiro atoms. The van der Waals surface area contributed by atoms with E-state index in [2.05, 4.69) is 31.0 Å². The first-order chi connectivity index (χ1) is 12.2. The van der Waals surface area contributed by atoms with Crippen LogP contribution in [0, 0.1) is 6.92 Å². The predicted octanol–water partition coefficient (Wildman–Crippen LogP) is 2.73. The van der Waals surface area contributed by atoms with Crippen LogP contribution in [-0.4, -0.2) is 38.2 Å². The van der Waals surface area contributed by atoms with E-state index in [1.54, 1.807) is 6.20 Å². The summed E-state index contributed by atoms with van der Waals surface area (Å²) in [4.78, 5) is 19.6. The van der Waals surface area contributed by atoms with E-state index in [-0.39, 0.29) is 5.91 Å². The first kappa shape index (κ1) is 16.7. The number of nitrogens with zero attached hydrogens (tertiary/aromatic N) is 4. The monoisotopic (exact) mass is 359 g/mol. The van der Waals surface area contributed by atoms with Gasteiger partial charge in [0, 0.05) is 19.1 Å². The summed E-state index contributed by atoms with van der Waals surface area (Å²) in [6.45, 7) is 5.40. The lowest BCUT2D eigenvalue weighted by molar-refractivity contribution is 0.0954. The molecule has 2 aliphatic rings. The predicted molar refractivity (Wildman–Crippen MR) is 97.5 cm³/mol. The van der Waals surface area contributed by atoms with E-state index in [4.69, 9.17) is 0 Å². The van der Waals surface area contributed by atoms with Gasteiger partial charge in [-0.2, -0.15) is 5.10 Å². The summed E-state index contributed by atoms with van der Waals surface area (Å²) in [7, 11) is 0. The molecule has 1 aliphatic carbocycles. The summed E-state index contributed by atoms with van der Waals surface area (Å²) < 4.78 is 2.11. The minimum atomic E-state index is -0.0691. The fraction of sp³-hybridized carbons (Fsp3) is 0.611. The van der Waals surface area contributed by atoms with Crippen LogP contribution in [0.25, 0.3) is 0 Å². The SMILES string of the molecule is Cc1ncc(C(=O)NCc2cc3n(n2)CCN(C2CCCCC2)C3)s1. The number of thiazole rings is 1. The summed E-state index contributed by atoms with van der Waals surface area (Å²) >= 11 is 1.42. The molecule has 25 heavy (non-hydrogen) atoms. The third-order valence-corrected chi connectivity index (χ3v) is 6.16. The Hall–Kier alpha value is -1.73.